The van der Waals surface area contributed by atoms with Crippen LogP contribution in [0.5, 0.6) is 0 Å². The van der Waals surface area contributed by atoms with E-state index in [9.17, 15) is 0 Å². The Balaban J connectivity index is 1.27. The quantitative estimate of drug-likeness (QED) is 0.114. The summed E-state index contributed by atoms with van der Waals surface area (Å²) >= 11 is 0. The topological polar surface area (TPSA) is 9.86 Å². The van der Waals surface area contributed by atoms with E-state index in [4.69, 9.17) is 0 Å². The minimum atomic E-state index is -2.75. The normalized spacial score (nSPS) is 11.9. The van der Waals surface area contributed by atoms with Crippen LogP contribution in [-0.4, -0.2) is 17.2 Å². The van der Waals surface area contributed by atoms with Gasteiger partial charge in [-0.15, -0.1) is 0 Å². The molecule has 11 rings (SSSR count). The maximum Gasteiger partial charge on any atom is 0.179 e. The molecular weight excluding hydrogens is 705 g/mol. The number of benzene rings is 9. The van der Waals surface area contributed by atoms with Gasteiger partial charge in [0.05, 0.1) is 27.8 Å². The van der Waals surface area contributed by atoms with Crippen LogP contribution in [0.1, 0.15) is 0 Å². The fourth-order valence-electron chi connectivity index (χ4n) is 9.49. The highest BCUT2D eigenvalue weighted by Crippen LogP contribution is 2.43. The smallest absolute Gasteiger partial charge is 0.179 e. The molecule has 0 aliphatic heterocycles. The van der Waals surface area contributed by atoms with E-state index in [1.807, 2.05) is 0 Å². The van der Waals surface area contributed by atoms with Gasteiger partial charge in [-0.05, 0) is 68.3 Å². The Bertz CT molecular complexity index is 3110. The lowest BCUT2D eigenvalue weighted by atomic mass is 9.98. The predicted octanol–water partition coefficient (Wildman–Crippen LogP) is 10.9. The number of para-hydroxylation sites is 3. The molecule has 0 fully saturated rings. The third kappa shape index (κ3) is 5.10. The molecular formula is C54H38N2Si. The third-order valence-electron chi connectivity index (χ3n) is 11.9. The van der Waals surface area contributed by atoms with Crippen molar-refractivity contribution in [2.24, 2.45) is 0 Å². The zero-order valence-electron chi connectivity index (χ0n) is 31.3. The molecule has 9 aromatic carbocycles. The molecule has 0 bridgehead atoms. The average molecular weight is 743 g/mol. The average Bonchev–Trinajstić information content (AvgIpc) is 3.82. The van der Waals surface area contributed by atoms with E-state index in [0.29, 0.717) is 0 Å². The first-order valence-corrected chi connectivity index (χ1v) is 21.7. The lowest BCUT2D eigenvalue weighted by Crippen LogP contribution is -2.74. The van der Waals surface area contributed by atoms with Crippen molar-refractivity contribution in [3.05, 3.63) is 231 Å². The van der Waals surface area contributed by atoms with Crippen LogP contribution in [0.3, 0.4) is 0 Å². The molecule has 2 aromatic heterocycles. The van der Waals surface area contributed by atoms with Crippen LogP contribution < -0.4 is 20.7 Å². The number of hydrogen-bond donors (Lipinski definition) is 0. The molecule has 0 spiro atoms. The summed E-state index contributed by atoms with van der Waals surface area (Å²) in [4.78, 5) is 0. The van der Waals surface area contributed by atoms with E-state index in [0.717, 1.165) is 11.4 Å². The minimum Gasteiger partial charge on any atom is -0.307 e. The molecule has 2 nitrogen and oxygen atoms in total. The largest absolute Gasteiger partial charge is 0.307 e. The second kappa shape index (κ2) is 13.5. The minimum absolute atomic E-state index is 1.14. The summed E-state index contributed by atoms with van der Waals surface area (Å²) in [5.41, 5.74) is 9.50. The molecule has 0 amide bonds. The maximum absolute atomic E-state index is 2.75. The van der Waals surface area contributed by atoms with Gasteiger partial charge in [-0.2, -0.15) is 0 Å². The van der Waals surface area contributed by atoms with Crippen molar-refractivity contribution in [2.75, 3.05) is 0 Å². The highest BCUT2D eigenvalue weighted by Gasteiger charge is 2.41. The number of hydrogen-bond acceptors (Lipinski definition) is 0. The monoisotopic (exact) mass is 742 g/mol. The number of nitrogens with zero attached hydrogens (tertiary/aromatic N) is 2. The summed E-state index contributed by atoms with van der Waals surface area (Å²) in [6.45, 7) is 0. The van der Waals surface area contributed by atoms with Gasteiger partial charge in [0.25, 0.3) is 0 Å². The van der Waals surface area contributed by atoms with Crippen LogP contribution in [0.4, 0.5) is 0 Å². The molecule has 2 heterocycles. The molecule has 0 aliphatic rings. The Labute approximate surface area is 333 Å². The van der Waals surface area contributed by atoms with Crippen molar-refractivity contribution in [3.8, 4) is 22.5 Å². The number of fused-ring (bicyclic) bond motifs is 6. The second-order valence-electron chi connectivity index (χ2n) is 14.8. The van der Waals surface area contributed by atoms with Gasteiger partial charge in [0.2, 0.25) is 0 Å². The van der Waals surface area contributed by atoms with E-state index in [1.54, 1.807) is 0 Å². The van der Waals surface area contributed by atoms with Crippen molar-refractivity contribution in [2.45, 2.75) is 0 Å². The van der Waals surface area contributed by atoms with Crippen LogP contribution >= 0.6 is 0 Å². The Hall–Kier alpha value is -7.20. The zero-order valence-corrected chi connectivity index (χ0v) is 32.3. The molecule has 57 heavy (non-hydrogen) atoms. The predicted molar refractivity (Wildman–Crippen MR) is 244 cm³/mol. The first kappa shape index (κ1) is 33.2. The summed E-state index contributed by atoms with van der Waals surface area (Å²) in [7, 11) is -2.75. The first-order valence-electron chi connectivity index (χ1n) is 19.7. The van der Waals surface area contributed by atoms with Crippen molar-refractivity contribution in [1.29, 1.82) is 0 Å². The number of aromatic nitrogens is 2. The van der Waals surface area contributed by atoms with Gasteiger partial charge in [-0.25, -0.2) is 0 Å². The summed E-state index contributed by atoms with van der Waals surface area (Å²) in [5, 5.41) is 10.5. The van der Waals surface area contributed by atoms with Gasteiger partial charge in [0.15, 0.2) is 8.07 Å². The van der Waals surface area contributed by atoms with E-state index in [1.165, 1.54) is 75.5 Å². The fraction of sp³-hybridized carbons (Fsp3) is 0. The molecule has 268 valence electrons. The Morgan fingerprint density at radius 2 is 0.789 bits per heavy atom. The van der Waals surface area contributed by atoms with Gasteiger partial charge in [0, 0.05) is 27.2 Å². The lowest BCUT2D eigenvalue weighted by molar-refractivity contribution is 1.13. The van der Waals surface area contributed by atoms with Crippen molar-refractivity contribution in [1.82, 2.24) is 9.13 Å². The summed E-state index contributed by atoms with van der Waals surface area (Å²) in [5.74, 6) is 0. The highest BCUT2D eigenvalue weighted by atomic mass is 28.3. The molecule has 11 aromatic rings. The highest BCUT2D eigenvalue weighted by molar-refractivity contribution is 7.20. The van der Waals surface area contributed by atoms with Crippen LogP contribution in [0.25, 0.3) is 66.1 Å². The molecule has 3 heteroatoms. The van der Waals surface area contributed by atoms with Crippen molar-refractivity contribution in [3.63, 3.8) is 0 Å². The number of rotatable bonds is 7. The van der Waals surface area contributed by atoms with Gasteiger partial charge in [0.1, 0.15) is 0 Å². The summed E-state index contributed by atoms with van der Waals surface area (Å²) in [6.07, 6.45) is 0. The second-order valence-corrected chi connectivity index (χ2v) is 18.7. The molecule has 0 radical (unpaired) electrons. The standard InChI is InChI=1S/C54H38N2Si/c1-6-20-39(21-7-1)45-35-37-52(54-53(45)47-31-17-19-33-50(47)55(54)40-22-8-2-9-23-40)56-49-32-18-16-30-46(49)48-38-44(34-36-51(48)56)57(41-24-10-3-11-25-41,42-26-12-4-13-27-42)43-28-14-5-15-29-43/h1-38H. The SMILES string of the molecule is c1ccc(-c2ccc(-n3c4ccccc4c4cc([Si](c5ccccc5)(c5ccccc5)c5ccccc5)ccc43)c3c2c2ccccc2n3-c2ccccc2)cc1. The van der Waals surface area contributed by atoms with E-state index >= 15 is 0 Å². The van der Waals surface area contributed by atoms with Crippen molar-refractivity contribution < 1.29 is 0 Å². The van der Waals surface area contributed by atoms with E-state index < -0.39 is 8.07 Å². The molecule has 0 N–H and O–H groups in total. The summed E-state index contributed by atoms with van der Waals surface area (Å²) < 4.78 is 4.99. The van der Waals surface area contributed by atoms with E-state index in [-0.39, 0.29) is 0 Å². The van der Waals surface area contributed by atoms with E-state index in [2.05, 4.69) is 240 Å². The van der Waals surface area contributed by atoms with Gasteiger partial charge in [-0.3, -0.25) is 0 Å². The van der Waals surface area contributed by atoms with Gasteiger partial charge >= 0.3 is 0 Å². The van der Waals surface area contributed by atoms with Crippen LogP contribution in [0, 0.1) is 0 Å². The molecule has 0 unspecified atom stereocenters. The Morgan fingerprint density at radius 1 is 0.316 bits per heavy atom. The maximum atomic E-state index is 2.52. The molecule has 0 aliphatic carbocycles. The lowest BCUT2D eigenvalue weighted by Gasteiger charge is -2.34. The summed E-state index contributed by atoms with van der Waals surface area (Å²) in [6, 6.07) is 85.2. The molecule has 0 saturated carbocycles. The van der Waals surface area contributed by atoms with Crippen molar-refractivity contribution >= 4 is 72.4 Å². The first-order chi connectivity index (χ1) is 28.3. The molecule has 0 saturated heterocycles. The van der Waals surface area contributed by atoms with Crippen LogP contribution in [-0.2, 0) is 0 Å². The van der Waals surface area contributed by atoms with Crippen LogP contribution in [0.2, 0.25) is 0 Å². The van der Waals surface area contributed by atoms with Gasteiger partial charge < -0.3 is 9.13 Å². The van der Waals surface area contributed by atoms with Gasteiger partial charge in [-0.1, -0.05) is 194 Å². The Morgan fingerprint density at radius 3 is 1.39 bits per heavy atom. The molecule has 0 atom stereocenters. The van der Waals surface area contributed by atoms with Crippen LogP contribution in [0.15, 0.2) is 231 Å². The Kier molecular flexibility index (Phi) is 7.87. The fourth-order valence-corrected chi connectivity index (χ4v) is 14.3. The zero-order chi connectivity index (χ0) is 37.8. The third-order valence-corrected chi connectivity index (χ3v) is 16.6.